The first-order valence-electron chi connectivity index (χ1n) is 8.83. The fourth-order valence-electron chi connectivity index (χ4n) is 3.09. The van der Waals surface area contributed by atoms with Crippen molar-refractivity contribution in [1.29, 1.82) is 0 Å². The highest BCUT2D eigenvalue weighted by Crippen LogP contribution is 2.23. The number of rotatable bonds is 6. The number of thiazole rings is 1. The van der Waals surface area contributed by atoms with Gasteiger partial charge in [-0.15, -0.1) is 0 Å². The summed E-state index contributed by atoms with van der Waals surface area (Å²) < 4.78 is 0. The van der Waals surface area contributed by atoms with Gasteiger partial charge in [-0.05, 0) is 19.1 Å². The molecule has 7 heteroatoms. The Hall–Kier alpha value is -2.25. The minimum absolute atomic E-state index is 0.0169. The van der Waals surface area contributed by atoms with Gasteiger partial charge in [0.1, 0.15) is 0 Å². The zero-order chi connectivity index (χ0) is 18.5. The van der Waals surface area contributed by atoms with E-state index in [0.717, 1.165) is 32.7 Å². The van der Waals surface area contributed by atoms with Crippen molar-refractivity contribution >= 4 is 33.8 Å². The molecule has 0 aliphatic carbocycles. The number of aromatic nitrogens is 1. The number of Topliss-reactive ketones (excluding diaryl/α,β-unsaturated/α-hetero) is 1. The van der Waals surface area contributed by atoms with Crippen LogP contribution in [0.2, 0.25) is 0 Å². The fraction of sp³-hybridized carbons (Fsp3) is 0.421. The van der Waals surface area contributed by atoms with Gasteiger partial charge in [-0.3, -0.25) is 14.5 Å². The molecule has 0 bridgehead atoms. The Labute approximate surface area is 157 Å². The first-order valence-corrected chi connectivity index (χ1v) is 9.65. The topological polar surface area (TPSA) is 65.5 Å². The molecule has 2 heterocycles. The molecule has 0 radical (unpaired) electrons. The van der Waals surface area contributed by atoms with E-state index in [-0.39, 0.29) is 11.7 Å². The van der Waals surface area contributed by atoms with Gasteiger partial charge in [-0.2, -0.15) is 0 Å². The van der Waals surface area contributed by atoms with Crippen LogP contribution in [-0.4, -0.2) is 54.3 Å². The SMILES string of the molecule is CC(=O)c1sc(NC(=O)CCN2CCN(c3ccccc3)CC2)nc1C. The van der Waals surface area contributed by atoms with E-state index in [2.05, 4.69) is 44.4 Å². The smallest absolute Gasteiger partial charge is 0.227 e. The van der Waals surface area contributed by atoms with Crippen LogP contribution < -0.4 is 10.2 Å². The molecule has 6 nitrogen and oxygen atoms in total. The maximum absolute atomic E-state index is 12.2. The summed E-state index contributed by atoms with van der Waals surface area (Å²) in [5.41, 5.74) is 1.93. The molecule has 3 rings (SSSR count). The lowest BCUT2D eigenvalue weighted by Gasteiger charge is -2.36. The second-order valence-corrected chi connectivity index (χ2v) is 7.45. The van der Waals surface area contributed by atoms with Crippen LogP contribution >= 0.6 is 11.3 Å². The van der Waals surface area contributed by atoms with Gasteiger partial charge in [0.05, 0.1) is 10.6 Å². The molecular formula is C19H24N4O2S. The summed E-state index contributed by atoms with van der Waals surface area (Å²) in [4.78, 5) is 33.2. The molecule has 2 aromatic rings. The Kier molecular flexibility index (Phi) is 6.00. The lowest BCUT2D eigenvalue weighted by Crippen LogP contribution is -2.47. The molecular weight excluding hydrogens is 348 g/mol. The van der Waals surface area contributed by atoms with Crippen molar-refractivity contribution < 1.29 is 9.59 Å². The van der Waals surface area contributed by atoms with Gasteiger partial charge < -0.3 is 10.2 Å². The van der Waals surface area contributed by atoms with E-state index in [4.69, 9.17) is 0 Å². The Balaban J connectivity index is 1.43. The molecule has 138 valence electrons. The molecule has 1 aromatic heterocycles. The Morgan fingerprint density at radius 1 is 1.15 bits per heavy atom. The number of amides is 1. The van der Waals surface area contributed by atoms with Crippen molar-refractivity contribution in [3.8, 4) is 0 Å². The Morgan fingerprint density at radius 2 is 1.85 bits per heavy atom. The standard InChI is InChI=1S/C19H24N4O2S/c1-14-18(15(2)24)26-19(20-14)21-17(25)8-9-22-10-12-23(13-11-22)16-6-4-3-5-7-16/h3-7H,8-13H2,1-2H3,(H,20,21,25). The van der Waals surface area contributed by atoms with Crippen LogP contribution in [0.15, 0.2) is 30.3 Å². The molecule has 0 atom stereocenters. The first kappa shape index (κ1) is 18.5. The second-order valence-electron chi connectivity index (χ2n) is 6.45. The van der Waals surface area contributed by atoms with E-state index in [1.54, 1.807) is 6.92 Å². The van der Waals surface area contributed by atoms with Crippen molar-refractivity contribution in [2.24, 2.45) is 0 Å². The number of carbonyl (C=O) groups excluding carboxylic acids is 2. The van der Waals surface area contributed by atoms with Gasteiger partial charge in [0.2, 0.25) is 5.91 Å². The number of para-hydroxylation sites is 1. The van der Waals surface area contributed by atoms with Crippen molar-refractivity contribution in [2.75, 3.05) is 42.9 Å². The highest BCUT2D eigenvalue weighted by molar-refractivity contribution is 7.17. The van der Waals surface area contributed by atoms with Gasteiger partial charge >= 0.3 is 0 Å². The predicted octanol–water partition coefficient (Wildman–Crippen LogP) is 2.80. The molecule has 1 aliphatic rings. The molecule has 26 heavy (non-hydrogen) atoms. The minimum atomic E-state index is -0.0562. The molecule has 1 saturated heterocycles. The number of anilines is 2. The number of piperazine rings is 1. The minimum Gasteiger partial charge on any atom is -0.369 e. The van der Waals surface area contributed by atoms with E-state index in [1.807, 2.05) is 6.07 Å². The summed E-state index contributed by atoms with van der Waals surface area (Å²) in [6.45, 7) is 7.88. The van der Waals surface area contributed by atoms with Crippen LogP contribution in [0.3, 0.4) is 0 Å². The van der Waals surface area contributed by atoms with Crippen LogP contribution in [-0.2, 0) is 4.79 Å². The largest absolute Gasteiger partial charge is 0.369 e. The summed E-state index contributed by atoms with van der Waals surface area (Å²) in [6, 6.07) is 10.4. The molecule has 1 amide bonds. The average Bonchev–Trinajstić information content (AvgIpc) is 3.01. The van der Waals surface area contributed by atoms with Crippen molar-refractivity contribution in [3.63, 3.8) is 0 Å². The monoisotopic (exact) mass is 372 g/mol. The van der Waals surface area contributed by atoms with Gasteiger partial charge in [0.25, 0.3) is 0 Å². The fourth-order valence-corrected chi connectivity index (χ4v) is 3.96. The van der Waals surface area contributed by atoms with Crippen LogP contribution in [0.25, 0.3) is 0 Å². The zero-order valence-electron chi connectivity index (χ0n) is 15.2. The number of nitrogens with zero attached hydrogens (tertiary/aromatic N) is 3. The molecule has 1 N–H and O–H groups in total. The lowest BCUT2D eigenvalue weighted by molar-refractivity contribution is -0.116. The number of aryl methyl sites for hydroxylation is 1. The molecule has 1 aliphatic heterocycles. The van der Waals surface area contributed by atoms with Gasteiger partial charge in [0, 0.05) is 51.8 Å². The van der Waals surface area contributed by atoms with Crippen LogP contribution in [0.5, 0.6) is 0 Å². The number of nitrogens with one attached hydrogen (secondary N) is 1. The average molecular weight is 372 g/mol. The van der Waals surface area contributed by atoms with E-state index in [1.165, 1.54) is 23.9 Å². The Bertz CT molecular complexity index is 767. The quantitative estimate of drug-likeness (QED) is 0.790. The normalized spacial score (nSPS) is 15.1. The predicted molar refractivity (Wildman–Crippen MR) is 105 cm³/mol. The van der Waals surface area contributed by atoms with Crippen LogP contribution in [0, 0.1) is 6.92 Å². The van der Waals surface area contributed by atoms with Crippen molar-refractivity contribution in [2.45, 2.75) is 20.3 Å². The number of hydrogen-bond acceptors (Lipinski definition) is 6. The summed E-state index contributed by atoms with van der Waals surface area (Å²) >= 11 is 1.24. The third-order valence-electron chi connectivity index (χ3n) is 4.51. The number of benzene rings is 1. The van der Waals surface area contributed by atoms with Gasteiger partial charge in [-0.1, -0.05) is 29.5 Å². The van der Waals surface area contributed by atoms with Crippen LogP contribution in [0.1, 0.15) is 28.7 Å². The highest BCUT2D eigenvalue weighted by atomic mass is 32.1. The number of carbonyl (C=O) groups is 2. The highest BCUT2D eigenvalue weighted by Gasteiger charge is 2.18. The third-order valence-corrected chi connectivity index (χ3v) is 5.69. The Morgan fingerprint density at radius 3 is 2.46 bits per heavy atom. The van der Waals surface area contributed by atoms with Crippen molar-refractivity contribution in [1.82, 2.24) is 9.88 Å². The van der Waals surface area contributed by atoms with Crippen molar-refractivity contribution in [3.05, 3.63) is 40.9 Å². The molecule has 1 fully saturated rings. The first-order chi connectivity index (χ1) is 12.5. The molecule has 0 saturated carbocycles. The summed E-state index contributed by atoms with van der Waals surface area (Å²) in [7, 11) is 0. The summed E-state index contributed by atoms with van der Waals surface area (Å²) in [6.07, 6.45) is 0.430. The molecule has 0 spiro atoms. The van der Waals surface area contributed by atoms with E-state index >= 15 is 0 Å². The van der Waals surface area contributed by atoms with Gasteiger partial charge in [-0.25, -0.2) is 4.98 Å². The maximum Gasteiger partial charge on any atom is 0.227 e. The third kappa shape index (κ3) is 4.68. The van der Waals surface area contributed by atoms with Crippen LogP contribution in [0.4, 0.5) is 10.8 Å². The lowest BCUT2D eigenvalue weighted by atomic mass is 10.2. The number of ketones is 1. The van der Waals surface area contributed by atoms with E-state index in [0.29, 0.717) is 22.1 Å². The second kappa shape index (κ2) is 8.42. The van der Waals surface area contributed by atoms with E-state index < -0.39 is 0 Å². The zero-order valence-corrected chi connectivity index (χ0v) is 16.0. The number of hydrogen-bond donors (Lipinski definition) is 1. The molecule has 1 aromatic carbocycles. The van der Waals surface area contributed by atoms with E-state index in [9.17, 15) is 9.59 Å². The summed E-state index contributed by atoms with van der Waals surface area (Å²) in [5.74, 6) is -0.0730. The maximum atomic E-state index is 12.2. The summed E-state index contributed by atoms with van der Waals surface area (Å²) in [5, 5.41) is 3.32. The molecule has 0 unspecified atom stereocenters. The van der Waals surface area contributed by atoms with Gasteiger partial charge in [0.15, 0.2) is 10.9 Å².